The first-order chi connectivity index (χ1) is 8.74. The zero-order chi connectivity index (χ0) is 12.5. The van der Waals surface area contributed by atoms with Gasteiger partial charge in [-0.3, -0.25) is 4.79 Å². The molecule has 1 aliphatic heterocycles. The Balaban J connectivity index is 2.09. The summed E-state index contributed by atoms with van der Waals surface area (Å²) in [4.78, 5) is 17.0. The van der Waals surface area contributed by atoms with Gasteiger partial charge in [0.2, 0.25) is 0 Å². The number of rotatable bonds is 1. The summed E-state index contributed by atoms with van der Waals surface area (Å²) in [5.41, 5.74) is 7.76. The van der Waals surface area contributed by atoms with E-state index in [1.165, 1.54) is 0 Å². The second-order valence-corrected chi connectivity index (χ2v) is 4.43. The van der Waals surface area contributed by atoms with E-state index in [1.54, 1.807) is 6.07 Å². The van der Waals surface area contributed by atoms with Crippen molar-refractivity contribution in [3.05, 3.63) is 34.6 Å². The Bertz CT molecular complexity index is 630. The second kappa shape index (κ2) is 4.34. The van der Waals surface area contributed by atoms with Crippen LogP contribution in [-0.2, 0) is 4.74 Å². The number of nitrogens with one attached hydrogen (secondary N) is 1. The maximum atomic E-state index is 12.1. The molecular weight excluding hydrogens is 230 g/mol. The summed E-state index contributed by atoms with van der Waals surface area (Å²) in [5, 5.41) is 0.991. The summed E-state index contributed by atoms with van der Waals surface area (Å²) in [7, 11) is 0. The molecule has 1 fully saturated rings. The molecule has 18 heavy (non-hydrogen) atoms. The van der Waals surface area contributed by atoms with E-state index in [-0.39, 0.29) is 5.56 Å². The van der Waals surface area contributed by atoms with Crippen LogP contribution in [0.5, 0.6) is 0 Å². The van der Waals surface area contributed by atoms with E-state index in [4.69, 9.17) is 10.5 Å². The number of ether oxygens (including phenoxy) is 1. The first-order valence-electron chi connectivity index (χ1n) is 5.99. The van der Waals surface area contributed by atoms with Gasteiger partial charge in [0, 0.05) is 24.2 Å². The number of nitrogen functional groups attached to an aromatic ring is 1. The SMILES string of the molecule is Nc1ccc2cc(N3CCOCC3)c(=O)[nH]c2c1. The van der Waals surface area contributed by atoms with Gasteiger partial charge in [0.15, 0.2) is 0 Å². The average molecular weight is 245 g/mol. The number of H-pyrrole nitrogens is 1. The molecule has 0 atom stereocenters. The van der Waals surface area contributed by atoms with Crippen LogP contribution in [0.2, 0.25) is 0 Å². The first kappa shape index (κ1) is 11.1. The highest BCUT2D eigenvalue weighted by Gasteiger charge is 2.14. The fraction of sp³-hybridized carbons (Fsp3) is 0.308. The van der Waals surface area contributed by atoms with Crippen molar-refractivity contribution in [1.29, 1.82) is 0 Å². The van der Waals surface area contributed by atoms with Crippen LogP contribution >= 0.6 is 0 Å². The van der Waals surface area contributed by atoms with Crippen molar-refractivity contribution in [3.8, 4) is 0 Å². The molecule has 94 valence electrons. The Labute approximate surface area is 104 Å². The molecule has 0 radical (unpaired) electrons. The molecule has 3 rings (SSSR count). The number of hydrogen-bond donors (Lipinski definition) is 2. The maximum Gasteiger partial charge on any atom is 0.271 e. The summed E-state index contributed by atoms with van der Waals surface area (Å²) in [6.45, 7) is 2.84. The van der Waals surface area contributed by atoms with Crippen LogP contribution in [0, 0.1) is 0 Å². The summed E-state index contributed by atoms with van der Waals surface area (Å²) >= 11 is 0. The Morgan fingerprint density at radius 1 is 1.22 bits per heavy atom. The molecule has 0 unspecified atom stereocenters. The minimum absolute atomic E-state index is 0.0741. The van der Waals surface area contributed by atoms with Gasteiger partial charge in [-0.15, -0.1) is 0 Å². The predicted octanol–water partition coefficient (Wildman–Crippen LogP) is 0.947. The number of hydrogen-bond acceptors (Lipinski definition) is 4. The van der Waals surface area contributed by atoms with Crippen molar-refractivity contribution in [2.75, 3.05) is 36.9 Å². The molecule has 1 aromatic heterocycles. The lowest BCUT2D eigenvalue weighted by Crippen LogP contribution is -2.39. The van der Waals surface area contributed by atoms with Crippen LogP contribution in [0.15, 0.2) is 29.1 Å². The number of pyridine rings is 1. The first-order valence-corrected chi connectivity index (χ1v) is 5.99. The quantitative estimate of drug-likeness (QED) is 0.734. The molecule has 1 saturated heterocycles. The lowest BCUT2D eigenvalue weighted by molar-refractivity contribution is 0.122. The lowest BCUT2D eigenvalue weighted by Gasteiger charge is -2.28. The van der Waals surface area contributed by atoms with Gasteiger partial charge < -0.3 is 20.4 Å². The minimum Gasteiger partial charge on any atom is -0.399 e. The molecular formula is C13H15N3O2. The summed E-state index contributed by atoms with van der Waals surface area (Å²) in [6, 6.07) is 7.45. The van der Waals surface area contributed by atoms with Crippen LogP contribution in [0.3, 0.4) is 0 Å². The maximum absolute atomic E-state index is 12.1. The number of fused-ring (bicyclic) bond motifs is 1. The van der Waals surface area contributed by atoms with Gasteiger partial charge in [0.05, 0.1) is 18.7 Å². The van der Waals surface area contributed by atoms with Gasteiger partial charge in [0.25, 0.3) is 5.56 Å². The van der Waals surface area contributed by atoms with E-state index in [2.05, 4.69) is 9.88 Å². The van der Waals surface area contributed by atoms with Crippen LogP contribution < -0.4 is 16.2 Å². The van der Waals surface area contributed by atoms with E-state index < -0.39 is 0 Å². The van der Waals surface area contributed by atoms with E-state index in [1.807, 2.05) is 18.2 Å². The van der Waals surface area contributed by atoms with Gasteiger partial charge in [-0.2, -0.15) is 0 Å². The standard InChI is InChI=1S/C13H15N3O2/c14-10-2-1-9-7-12(13(17)15-11(9)8-10)16-3-5-18-6-4-16/h1-2,7-8H,3-6,14H2,(H,15,17). The van der Waals surface area contributed by atoms with Crippen molar-refractivity contribution in [3.63, 3.8) is 0 Å². The Morgan fingerprint density at radius 3 is 2.78 bits per heavy atom. The molecule has 3 N–H and O–H groups in total. The third kappa shape index (κ3) is 1.93. The predicted molar refractivity (Wildman–Crippen MR) is 72.0 cm³/mol. The second-order valence-electron chi connectivity index (χ2n) is 4.43. The normalized spacial score (nSPS) is 16.1. The monoisotopic (exact) mass is 245 g/mol. The van der Waals surface area contributed by atoms with Crippen LogP contribution in [0.1, 0.15) is 0 Å². The number of nitrogens with two attached hydrogens (primary N) is 1. The zero-order valence-corrected chi connectivity index (χ0v) is 9.98. The molecule has 0 amide bonds. The topological polar surface area (TPSA) is 71.3 Å². The van der Waals surface area contributed by atoms with Crippen molar-refractivity contribution in [2.24, 2.45) is 0 Å². The van der Waals surface area contributed by atoms with Crippen LogP contribution in [0.4, 0.5) is 11.4 Å². The largest absolute Gasteiger partial charge is 0.399 e. The Kier molecular flexibility index (Phi) is 2.68. The Morgan fingerprint density at radius 2 is 2.00 bits per heavy atom. The zero-order valence-electron chi connectivity index (χ0n) is 9.98. The van der Waals surface area contributed by atoms with E-state index in [0.717, 1.165) is 24.0 Å². The number of nitrogens with zero attached hydrogens (tertiary/aromatic N) is 1. The fourth-order valence-electron chi connectivity index (χ4n) is 2.25. The van der Waals surface area contributed by atoms with Crippen molar-refractivity contribution in [1.82, 2.24) is 4.98 Å². The summed E-state index contributed by atoms with van der Waals surface area (Å²) in [5.74, 6) is 0. The van der Waals surface area contributed by atoms with Gasteiger partial charge in [-0.1, -0.05) is 6.07 Å². The number of benzene rings is 1. The number of morpholine rings is 1. The summed E-state index contributed by atoms with van der Waals surface area (Å²) in [6.07, 6.45) is 0. The smallest absolute Gasteiger partial charge is 0.271 e. The molecule has 5 nitrogen and oxygen atoms in total. The molecule has 0 bridgehead atoms. The third-order valence-corrected chi connectivity index (χ3v) is 3.20. The van der Waals surface area contributed by atoms with Gasteiger partial charge in [-0.25, -0.2) is 0 Å². The van der Waals surface area contributed by atoms with Gasteiger partial charge in [0.1, 0.15) is 5.69 Å². The number of aromatic nitrogens is 1. The Hall–Kier alpha value is -2.01. The molecule has 1 aromatic carbocycles. The highest BCUT2D eigenvalue weighted by atomic mass is 16.5. The minimum atomic E-state index is -0.0741. The van der Waals surface area contributed by atoms with E-state index in [9.17, 15) is 4.79 Å². The van der Waals surface area contributed by atoms with E-state index in [0.29, 0.717) is 24.6 Å². The molecule has 0 saturated carbocycles. The van der Waals surface area contributed by atoms with Crippen molar-refractivity contribution >= 4 is 22.3 Å². The van der Waals surface area contributed by atoms with Crippen molar-refractivity contribution < 1.29 is 4.74 Å². The fourth-order valence-corrected chi connectivity index (χ4v) is 2.25. The van der Waals surface area contributed by atoms with Gasteiger partial charge in [-0.05, 0) is 18.2 Å². The summed E-state index contributed by atoms with van der Waals surface area (Å²) < 4.78 is 5.29. The van der Waals surface area contributed by atoms with Crippen LogP contribution in [0.25, 0.3) is 10.9 Å². The number of anilines is 2. The highest BCUT2D eigenvalue weighted by Crippen LogP contribution is 2.19. The third-order valence-electron chi connectivity index (χ3n) is 3.20. The molecule has 2 aromatic rings. The van der Waals surface area contributed by atoms with Crippen molar-refractivity contribution in [2.45, 2.75) is 0 Å². The highest BCUT2D eigenvalue weighted by molar-refractivity contribution is 5.84. The number of aromatic amines is 1. The average Bonchev–Trinajstić information content (AvgIpc) is 2.39. The molecule has 0 aliphatic carbocycles. The molecule has 1 aliphatic rings. The molecule has 2 heterocycles. The lowest BCUT2D eigenvalue weighted by atomic mass is 10.2. The molecule has 0 spiro atoms. The van der Waals surface area contributed by atoms with Gasteiger partial charge >= 0.3 is 0 Å². The molecule has 5 heteroatoms. The van der Waals surface area contributed by atoms with Crippen LogP contribution in [-0.4, -0.2) is 31.3 Å². The van der Waals surface area contributed by atoms with E-state index >= 15 is 0 Å².